The Labute approximate surface area is 98.2 Å². The summed E-state index contributed by atoms with van der Waals surface area (Å²) in [4.78, 5) is 4.25. The number of rotatable bonds is 8. The SMILES string of the molecule is CCCCOCCNCc1cccnc1C. The first-order valence-electron chi connectivity index (χ1n) is 6.03. The standard InChI is InChI=1S/C13H22N2O/c1-3-4-9-16-10-8-14-11-13-6-5-7-15-12(13)2/h5-7,14H,3-4,8-11H2,1-2H3. The molecule has 1 aromatic heterocycles. The van der Waals surface area contributed by atoms with Gasteiger partial charge in [-0.15, -0.1) is 0 Å². The molecule has 0 unspecified atom stereocenters. The van der Waals surface area contributed by atoms with Gasteiger partial charge in [0, 0.05) is 31.6 Å². The first kappa shape index (κ1) is 13.1. The third-order valence-corrected chi connectivity index (χ3v) is 2.50. The van der Waals surface area contributed by atoms with Gasteiger partial charge in [0.15, 0.2) is 0 Å². The minimum Gasteiger partial charge on any atom is -0.380 e. The minimum absolute atomic E-state index is 0.791. The highest BCUT2D eigenvalue weighted by Crippen LogP contribution is 2.02. The van der Waals surface area contributed by atoms with Crippen molar-refractivity contribution < 1.29 is 4.74 Å². The quantitative estimate of drug-likeness (QED) is 0.685. The fourth-order valence-electron chi connectivity index (χ4n) is 1.42. The molecule has 1 aromatic rings. The Balaban J connectivity index is 2.05. The van der Waals surface area contributed by atoms with Gasteiger partial charge in [-0.05, 0) is 25.0 Å². The lowest BCUT2D eigenvalue weighted by Crippen LogP contribution is -2.20. The number of ether oxygens (including phenoxy) is 1. The molecule has 16 heavy (non-hydrogen) atoms. The highest BCUT2D eigenvalue weighted by Gasteiger charge is 1.96. The van der Waals surface area contributed by atoms with Crippen LogP contribution in [-0.4, -0.2) is 24.7 Å². The number of unbranched alkanes of at least 4 members (excludes halogenated alkanes) is 1. The summed E-state index contributed by atoms with van der Waals surface area (Å²) in [5.41, 5.74) is 2.36. The van der Waals surface area contributed by atoms with E-state index in [1.165, 1.54) is 12.0 Å². The summed E-state index contributed by atoms with van der Waals surface area (Å²) in [7, 11) is 0. The third kappa shape index (κ3) is 5.24. The number of nitrogens with zero attached hydrogens (tertiary/aromatic N) is 1. The Morgan fingerprint density at radius 2 is 2.25 bits per heavy atom. The van der Waals surface area contributed by atoms with Crippen LogP contribution in [0.4, 0.5) is 0 Å². The molecule has 0 aliphatic heterocycles. The molecule has 0 amide bonds. The predicted molar refractivity (Wildman–Crippen MR) is 66.4 cm³/mol. The average molecular weight is 222 g/mol. The van der Waals surface area contributed by atoms with Crippen LogP contribution in [0.5, 0.6) is 0 Å². The van der Waals surface area contributed by atoms with E-state index < -0.39 is 0 Å². The van der Waals surface area contributed by atoms with E-state index in [0.717, 1.165) is 38.4 Å². The number of aromatic nitrogens is 1. The molecule has 0 aromatic carbocycles. The highest BCUT2D eigenvalue weighted by atomic mass is 16.5. The maximum Gasteiger partial charge on any atom is 0.0591 e. The van der Waals surface area contributed by atoms with Gasteiger partial charge < -0.3 is 10.1 Å². The molecule has 0 fully saturated rings. The Bertz CT molecular complexity index is 289. The Hall–Kier alpha value is -0.930. The van der Waals surface area contributed by atoms with Crippen LogP contribution in [0, 0.1) is 6.92 Å². The van der Waals surface area contributed by atoms with Crippen LogP contribution >= 0.6 is 0 Å². The lowest BCUT2D eigenvalue weighted by atomic mass is 10.2. The first-order chi connectivity index (χ1) is 7.84. The monoisotopic (exact) mass is 222 g/mol. The molecule has 1 heterocycles. The normalized spacial score (nSPS) is 10.6. The Morgan fingerprint density at radius 3 is 3.00 bits per heavy atom. The molecule has 90 valence electrons. The lowest BCUT2D eigenvalue weighted by molar-refractivity contribution is 0.133. The fraction of sp³-hybridized carbons (Fsp3) is 0.615. The van der Waals surface area contributed by atoms with Gasteiger partial charge in [0.25, 0.3) is 0 Å². The van der Waals surface area contributed by atoms with Crippen molar-refractivity contribution in [1.29, 1.82) is 0 Å². The van der Waals surface area contributed by atoms with Crippen LogP contribution < -0.4 is 5.32 Å². The van der Waals surface area contributed by atoms with Crippen LogP contribution in [0.2, 0.25) is 0 Å². The molecule has 1 N–H and O–H groups in total. The smallest absolute Gasteiger partial charge is 0.0591 e. The molecule has 0 aliphatic carbocycles. The van der Waals surface area contributed by atoms with Gasteiger partial charge in [-0.2, -0.15) is 0 Å². The zero-order chi connectivity index (χ0) is 11.6. The van der Waals surface area contributed by atoms with E-state index >= 15 is 0 Å². The number of aryl methyl sites for hydroxylation is 1. The minimum atomic E-state index is 0.791. The van der Waals surface area contributed by atoms with Crippen molar-refractivity contribution >= 4 is 0 Å². The fourth-order valence-corrected chi connectivity index (χ4v) is 1.42. The molecular formula is C13H22N2O. The molecule has 0 saturated carbocycles. The number of hydrogen-bond donors (Lipinski definition) is 1. The third-order valence-electron chi connectivity index (χ3n) is 2.50. The highest BCUT2D eigenvalue weighted by molar-refractivity contribution is 5.17. The largest absolute Gasteiger partial charge is 0.380 e. The second-order valence-electron chi connectivity index (χ2n) is 3.89. The molecule has 0 spiro atoms. The summed E-state index contributed by atoms with van der Waals surface area (Å²) in [6, 6.07) is 4.08. The Kier molecular flexibility index (Phi) is 6.77. The van der Waals surface area contributed by atoms with Crippen molar-refractivity contribution in [3.8, 4) is 0 Å². The summed E-state index contributed by atoms with van der Waals surface area (Å²) >= 11 is 0. The van der Waals surface area contributed by atoms with E-state index in [-0.39, 0.29) is 0 Å². The van der Waals surface area contributed by atoms with Crippen LogP contribution in [0.1, 0.15) is 31.0 Å². The molecular weight excluding hydrogens is 200 g/mol. The van der Waals surface area contributed by atoms with Crippen LogP contribution in [0.3, 0.4) is 0 Å². The van der Waals surface area contributed by atoms with Gasteiger partial charge in [0.1, 0.15) is 0 Å². The molecule has 3 heteroatoms. The molecule has 0 radical (unpaired) electrons. The summed E-state index contributed by atoms with van der Waals surface area (Å²) in [5, 5.41) is 3.35. The summed E-state index contributed by atoms with van der Waals surface area (Å²) < 4.78 is 5.46. The van der Waals surface area contributed by atoms with Gasteiger partial charge in [-0.1, -0.05) is 19.4 Å². The van der Waals surface area contributed by atoms with E-state index in [1.54, 1.807) is 0 Å². The number of nitrogens with one attached hydrogen (secondary N) is 1. The van der Waals surface area contributed by atoms with Crippen LogP contribution in [-0.2, 0) is 11.3 Å². The second-order valence-corrected chi connectivity index (χ2v) is 3.89. The molecule has 3 nitrogen and oxygen atoms in total. The van der Waals surface area contributed by atoms with Crippen LogP contribution in [0.25, 0.3) is 0 Å². The predicted octanol–water partition coefficient (Wildman–Crippen LogP) is 2.30. The van der Waals surface area contributed by atoms with Crippen molar-refractivity contribution in [1.82, 2.24) is 10.3 Å². The van der Waals surface area contributed by atoms with E-state index in [2.05, 4.69) is 23.3 Å². The summed E-state index contributed by atoms with van der Waals surface area (Å²) in [6.07, 6.45) is 4.18. The van der Waals surface area contributed by atoms with Gasteiger partial charge in [-0.25, -0.2) is 0 Å². The van der Waals surface area contributed by atoms with E-state index in [1.807, 2.05) is 19.2 Å². The topological polar surface area (TPSA) is 34.1 Å². The van der Waals surface area contributed by atoms with Crippen molar-refractivity contribution in [3.63, 3.8) is 0 Å². The molecule has 0 saturated heterocycles. The van der Waals surface area contributed by atoms with Crippen molar-refractivity contribution in [2.75, 3.05) is 19.8 Å². The number of hydrogen-bond acceptors (Lipinski definition) is 3. The van der Waals surface area contributed by atoms with Gasteiger partial charge in [0.05, 0.1) is 6.61 Å². The molecule has 0 aliphatic rings. The van der Waals surface area contributed by atoms with E-state index in [9.17, 15) is 0 Å². The number of pyridine rings is 1. The maximum atomic E-state index is 5.46. The van der Waals surface area contributed by atoms with Crippen molar-refractivity contribution in [3.05, 3.63) is 29.6 Å². The van der Waals surface area contributed by atoms with E-state index in [4.69, 9.17) is 4.74 Å². The molecule has 0 bridgehead atoms. The van der Waals surface area contributed by atoms with Crippen molar-refractivity contribution in [2.45, 2.75) is 33.2 Å². The zero-order valence-electron chi connectivity index (χ0n) is 10.3. The van der Waals surface area contributed by atoms with Crippen molar-refractivity contribution in [2.24, 2.45) is 0 Å². The summed E-state index contributed by atoms with van der Waals surface area (Å²) in [6.45, 7) is 7.65. The van der Waals surface area contributed by atoms with E-state index in [0.29, 0.717) is 0 Å². The second kappa shape index (κ2) is 8.25. The Morgan fingerprint density at radius 1 is 1.38 bits per heavy atom. The van der Waals surface area contributed by atoms with Crippen LogP contribution in [0.15, 0.2) is 18.3 Å². The molecule has 1 rings (SSSR count). The van der Waals surface area contributed by atoms with Gasteiger partial charge >= 0.3 is 0 Å². The summed E-state index contributed by atoms with van der Waals surface area (Å²) in [5.74, 6) is 0. The van der Waals surface area contributed by atoms with Gasteiger partial charge in [0.2, 0.25) is 0 Å². The average Bonchev–Trinajstić information content (AvgIpc) is 2.30. The maximum absolute atomic E-state index is 5.46. The lowest BCUT2D eigenvalue weighted by Gasteiger charge is -2.07. The van der Waals surface area contributed by atoms with Gasteiger partial charge in [-0.3, -0.25) is 4.98 Å². The molecule has 0 atom stereocenters. The zero-order valence-corrected chi connectivity index (χ0v) is 10.3. The first-order valence-corrected chi connectivity index (χ1v) is 6.03.